The molecule has 1 aliphatic rings. The topological polar surface area (TPSA) is 109 Å². The summed E-state index contributed by atoms with van der Waals surface area (Å²) in [7, 11) is 1.70. The molecule has 1 saturated heterocycles. The molecule has 1 aliphatic heterocycles. The summed E-state index contributed by atoms with van der Waals surface area (Å²) in [5, 5.41) is 16.9. The lowest BCUT2D eigenvalue weighted by Crippen LogP contribution is -2.71. The summed E-state index contributed by atoms with van der Waals surface area (Å²) in [5.74, 6) is -1.19. The van der Waals surface area contributed by atoms with Crippen molar-refractivity contribution < 1.29 is 23.8 Å². The molecule has 0 bridgehead atoms. The standard InChI is InChI=1S/C25H28BrClFN5O4/c1-13(30-23(35)37-24(2,3)4)25(36)10-33(11-25)22(34)15-9-18-21(29-12-32(18)5)19(28)20(15)31-17-7-6-14(26)8-16(17)27/h6-9,12-13,31,36H,10-11H2,1-5H3,(H,30,35)/t13-/m0/s1. The number of anilines is 2. The lowest BCUT2D eigenvalue weighted by atomic mass is 9.86. The van der Waals surface area contributed by atoms with Gasteiger partial charge in [-0.05, 0) is 52.0 Å². The van der Waals surface area contributed by atoms with Crippen molar-refractivity contribution in [3.05, 3.63) is 51.5 Å². The molecule has 3 aromatic rings. The van der Waals surface area contributed by atoms with Crippen LogP contribution < -0.4 is 10.6 Å². The number of aryl methyl sites for hydroxylation is 1. The van der Waals surface area contributed by atoms with Crippen LogP contribution in [0.4, 0.5) is 20.6 Å². The van der Waals surface area contributed by atoms with Crippen molar-refractivity contribution in [1.29, 1.82) is 0 Å². The number of nitrogens with zero attached hydrogens (tertiary/aromatic N) is 3. The summed E-state index contributed by atoms with van der Waals surface area (Å²) in [6.07, 6.45) is 0.796. The molecule has 2 heterocycles. The number of hydrogen-bond donors (Lipinski definition) is 3. The maximum absolute atomic E-state index is 15.7. The number of imidazole rings is 1. The number of aromatic nitrogens is 2. The van der Waals surface area contributed by atoms with Gasteiger partial charge in [0.1, 0.15) is 16.7 Å². The van der Waals surface area contributed by atoms with Crippen molar-refractivity contribution in [3.8, 4) is 0 Å². The fraction of sp³-hybridized carbons (Fsp3) is 0.400. The quantitative estimate of drug-likeness (QED) is 0.384. The van der Waals surface area contributed by atoms with Gasteiger partial charge in [-0.25, -0.2) is 14.2 Å². The molecule has 0 spiro atoms. The van der Waals surface area contributed by atoms with Crippen LogP contribution in [0.5, 0.6) is 0 Å². The second-order valence-corrected chi connectivity index (χ2v) is 11.5. The van der Waals surface area contributed by atoms with Crippen LogP contribution in [0.25, 0.3) is 11.0 Å². The Morgan fingerprint density at radius 1 is 1.30 bits per heavy atom. The summed E-state index contributed by atoms with van der Waals surface area (Å²) in [4.78, 5) is 31.2. The monoisotopic (exact) mass is 595 g/mol. The van der Waals surface area contributed by atoms with Crippen LogP contribution in [0.15, 0.2) is 35.1 Å². The van der Waals surface area contributed by atoms with Gasteiger partial charge < -0.3 is 29.9 Å². The second kappa shape index (κ2) is 9.77. The van der Waals surface area contributed by atoms with Crippen LogP contribution in [-0.4, -0.2) is 61.9 Å². The first kappa shape index (κ1) is 27.2. The van der Waals surface area contributed by atoms with Gasteiger partial charge in [0.15, 0.2) is 5.82 Å². The smallest absolute Gasteiger partial charge is 0.407 e. The highest BCUT2D eigenvalue weighted by atomic mass is 79.9. The minimum absolute atomic E-state index is 0.0578. The van der Waals surface area contributed by atoms with Crippen molar-refractivity contribution in [1.82, 2.24) is 19.8 Å². The van der Waals surface area contributed by atoms with Gasteiger partial charge in [-0.3, -0.25) is 4.79 Å². The fourth-order valence-electron chi connectivity index (χ4n) is 4.06. The van der Waals surface area contributed by atoms with Gasteiger partial charge in [-0.15, -0.1) is 0 Å². The lowest BCUT2D eigenvalue weighted by Gasteiger charge is -2.49. The van der Waals surface area contributed by atoms with E-state index in [9.17, 15) is 14.7 Å². The van der Waals surface area contributed by atoms with E-state index in [-0.39, 0.29) is 29.9 Å². The Bertz CT molecular complexity index is 1380. The molecule has 12 heteroatoms. The Kier molecular flexibility index (Phi) is 7.17. The average Bonchev–Trinajstić information content (AvgIpc) is 3.13. The van der Waals surface area contributed by atoms with Crippen molar-refractivity contribution in [2.45, 2.75) is 44.9 Å². The van der Waals surface area contributed by atoms with Crippen molar-refractivity contribution in [2.24, 2.45) is 7.05 Å². The molecule has 2 amide bonds. The van der Waals surface area contributed by atoms with Gasteiger partial charge in [0.2, 0.25) is 0 Å². The molecule has 0 unspecified atom stereocenters. The van der Waals surface area contributed by atoms with Gasteiger partial charge in [0.25, 0.3) is 5.91 Å². The molecule has 9 nitrogen and oxygen atoms in total. The number of halogens is 3. The number of carbonyl (C=O) groups is 2. The van der Waals surface area contributed by atoms with E-state index in [1.165, 1.54) is 11.2 Å². The minimum Gasteiger partial charge on any atom is -0.444 e. The molecule has 3 N–H and O–H groups in total. The maximum atomic E-state index is 15.7. The molecular formula is C25H28BrClFN5O4. The molecule has 0 saturated carbocycles. The number of hydrogen-bond acceptors (Lipinski definition) is 6. The molecule has 0 aliphatic carbocycles. The predicted molar refractivity (Wildman–Crippen MR) is 143 cm³/mol. The third kappa shape index (κ3) is 5.53. The number of carbonyl (C=O) groups excluding carboxylic acids is 2. The van der Waals surface area contributed by atoms with E-state index in [2.05, 4.69) is 31.5 Å². The largest absolute Gasteiger partial charge is 0.444 e. The number of alkyl carbamates (subject to hydrolysis) is 1. The molecule has 1 atom stereocenters. The number of aliphatic hydroxyl groups is 1. The van der Waals surface area contributed by atoms with Crippen molar-refractivity contribution in [3.63, 3.8) is 0 Å². The number of ether oxygens (including phenoxy) is 1. The zero-order valence-corrected chi connectivity index (χ0v) is 23.4. The Morgan fingerprint density at radius 2 is 1.97 bits per heavy atom. The van der Waals surface area contributed by atoms with E-state index in [0.717, 1.165) is 4.47 Å². The fourth-order valence-corrected chi connectivity index (χ4v) is 4.78. The molecule has 0 radical (unpaired) electrons. The second-order valence-electron chi connectivity index (χ2n) is 10.2. The highest BCUT2D eigenvalue weighted by Gasteiger charge is 2.49. The molecule has 2 aromatic carbocycles. The van der Waals surface area contributed by atoms with Crippen molar-refractivity contribution >= 4 is 61.9 Å². The zero-order chi connectivity index (χ0) is 27.3. The summed E-state index contributed by atoms with van der Waals surface area (Å²) in [6.45, 7) is 6.72. The normalized spacial score (nSPS) is 15.8. The molecule has 198 valence electrons. The van der Waals surface area contributed by atoms with Gasteiger partial charge in [-0.1, -0.05) is 27.5 Å². The Labute approximate surface area is 227 Å². The SMILES string of the molecule is C[C@H](NC(=O)OC(C)(C)C)C1(O)CN(C(=O)c2cc3c(ncn3C)c(F)c2Nc2ccc(Br)cc2Cl)C1. The van der Waals surface area contributed by atoms with Crippen LogP contribution in [0.1, 0.15) is 38.1 Å². The highest BCUT2D eigenvalue weighted by molar-refractivity contribution is 9.10. The van der Waals surface area contributed by atoms with Crippen LogP contribution >= 0.6 is 27.5 Å². The average molecular weight is 597 g/mol. The Morgan fingerprint density at radius 3 is 2.59 bits per heavy atom. The lowest BCUT2D eigenvalue weighted by molar-refractivity contribution is -0.100. The molecule has 4 rings (SSSR count). The first-order valence-corrected chi connectivity index (χ1v) is 12.7. The molecule has 1 aromatic heterocycles. The summed E-state index contributed by atoms with van der Waals surface area (Å²) < 4.78 is 23.3. The zero-order valence-electron chi connectivity index (χ0n) is 21.0. The van der Waals surface area contributed by atoms with E-state index in [1.807, 2.05) is 0 Å². The molecular weight excluding hydrogens is 569 g/mol. The van der Waals surface area contributed by atoms with Gasteiger partial charge in [-0.2, -0.15) is 0 Å². The summed E-state index contributed by atoms with van der Waals surface area (Å²) in [6, 6.07) is 5.91. The maximum Gasteiger partial charge on any atom is 0.407 e. The van der Waals surface area contributed by atoms with Crippen LogP contribution in [0.2, 0.25) is 5.02 Å². The van der Waals surface area contributed by atoms with Crippen molar-refractivity contribution in [2.75, 3.05) is 18.4 Å². The number of benzene rings is 2. The van der Waals surface area contributed by atoms with Crippen LogP contribution in [0.3, 0.4) is 0 Å². The minimum atomic E-state index is -1.37. The van der Waals surface area contributed by atoms with Crippen LogP contribution in [0, 0.1) is 5.82 Å². The number of fused-ring (bicyclic) bond motifs is 1. The van der Waals surface area contributed by atoms with E-state index < -0.39 is 35.1 Å². The van der Waals surface area contributed by atoms with Gasteiger partial charge in [0.05, 0.1) is 52.9 Å². The first-order valence-electron chi connectivity index (χ1n) is 11.6. The Hall–Kier alpha value is -2.89. The number of β-amino-alcohol motifs (C(OH)–C–C–N with tert-alkyl or cyclic N) is 1. The summed E-state index contributed by atoms with van der Waals surface area (Å²) in [5.41, 5.74) is -1.13. The number of likely N-dealkylation sites (tertiary alicyclic amines) is 1. The predicted octanol–water partition coefficient (Wildman–Crippen LogP) is 4.97. The summed E-state index contributed by atoms with van der Waals surface area (Å²) >= 11 is 9.67. The van der Waals surface area contributed by atoms with Crippen LogP contribution in [-0.2, 0) is 11.8 Å². The Balaban J connectivity index is 1.60. The van der Waals surface area contributed by atoms with E-state index in [4.69, 9.17) is 16.3 Å². The van der Waals surface area contributed by atoms with Gasteiger partial charge in [0, 0.05) is 11.5 Å². The van der Waals surface area contributed by atoms with E-state index in [0.29, 0.717) is 16.2 Å². The third-order valence-electron chi connectivity index (χ3n) is 6.14. The highest BCUT2D eigenvalue weighted by Crippen LogP contribution is 2.36. The molecule has 1 fully saturated rings. The number of rotatable bonds is 5. The number of amides is 2. The van der Waals surface area contributed by atoms with E-state index in [1.54, 1.807) is 63.6 Å². The van der Waals surface area contributed by atoms with Gasteiger partial charge >= 0.3 is 6.09 Å². The number of nitrogens with one attached hydrogen (secondary N) is 2. The first-order chi connectivity index (χ1) is 17.2. The van der Waals surface area contributed by atoms with E-state index >= 15 is 4.39 Å². The third-order valence-corrected chi connectivity index (χ3v) is 6.94. The molecule has 37 heavy (non-hydrogen) atoms.